The highest BCUT2D eigenvalue weighted by molar-refractivity contribution is 5.94. The third kappa shape index (κ3) is 4.64. The first-order valence-electron chi connectivity index (χ1n) is 10.3. The van der Waals surface area contributed by atoms with Gasteiger partial charge in [-0.2, -0.15) is 0 Å². The molecule has 0 radical (unpaired) electrons. The Hall–Kier alpha value is -2.12. The second-order valence-electron chi connectivity index (χ2n) is 7.65. The van der Waals surface area contributed by atoms with Crippen molar-refractivity contribution in [3.8, 4) is 5.75 Å². The number of aryl methyl sites for hydroxylation is 1. The van der Waals surface area contributed by atoms with Crippen LogP contribution in [-0.2, 0) is 25.5 Å². The maximum Gasteiger partial charge on any atom is 0.224 e. The van der Waals surface area contributed by atoms with Crippen LogP contribution in [0.15, 0.2) is 18.2 Å². The van der Waals surface area contributed by atoms with Crippen molar-refractivity contribution in [1.82, 2.24) is 4.90 Å². The summed E-state index contributed by atoms with van der Waals surface area (Å²) in [5, 5.41) is 2.87. The molecule has 7 heteroatoms. The van der Waals surface area contributed by atoms with E-state index < -0.39 is 0 Å². The standard InChI is InChI=1S/C21H28N2O5/c24-19-6-3-16-14-17(4-5-18(16)22-19)26-11-1-2-20(25)23-9-7-15(8-10-23)21-27-12-13-28-21/h4-5,14-15,21H,1-3,6-13H2,(H,22,24). The summed E-state index contributed by atoms with van der Waals surface area (Å²) < 4.78 is 17.0. The number of carbonyl (C=O) groups is 2. The van der Waals surface area contributed by atoms with Gasteiger partial charge in [0, 0.05) is 37.5 Å². The lowest BCUT2D eigenvalue weighted by Gasteiger charge is -2.33. The summed E-state index contributed by atoms with van der Waals surface area (Å²) in [6, 6.07) is 5.73. The molecule has 3 aliphatic heterocycles. The molecule has 28 heavy (non-hydrogen) atoms. The Morgan fingerprint density at radius 2 is 1.96 bits per heavy atom. The molecule has 4 rings (SSSR count). The first-order valence-corrected chi connectivity index (χ1v) is 10.3. The summed E-state index contributed by atoms with van der Waals surface area (Å²) in [6.07, 6.45) is 4.26. The van der Waals surface area contributed by atoms with E-state index in [4.69, 9.17) is 14.2 Å². The third-order valence-corrected chi connectivity index (χ3v) is 5.70. The number of carbonyl (C=O) groups excluding carboxylic acids is 2. The van der Waals surface area contributed by atoms with Crippen LogP contribution < -0.4 is 10.1 Å². The van der Waals surface area contributed by atoms with Crippen LogP contribution in [0.25, 0.3) is 0 Å². The number of hydrogen-bond donors (Lipinski definition) is 1. The van der Waals surface area contributed by atoms with Crippen LogP contribution in [0.4, 0.5) is 5.69 Å². The maximum absolute atomic E-state index is 12.4. The summed E-state index contributed by atoms with van der Waals surface area (Å²) in [6.45, 7) is 3.44. The molecule has 1 aromatic carbocycles. The van der Waals surface area contributed by atoms with Gasteiger partial charge in [-0.1, -0.05) is 0 Å². The quantitative estimate of drug-likeness (QED) is 0.757. The fourth-order valence-corrected chi connectivity index (χ4v) is 4.09. The lowest BCUT2D eigenvalue weighted by molar-refractivity contribution is -0.137. The van der Waals surface area contributed by atoms with Crippen molar-refractivity contribution in [2.24, 2.45) is 5.92 Å². The predicted octanol–water partition coefficient (Wildman–Crippen LogP) is 2.34. The fraction of sp³-hybridized carbons (Fsp3) is 0.619. The van der Waals surface area contributed by atoms with Crippen LogP contribution in [0, 0.1) is 5.92 Å². The summed E-state index contributed by atoms with van der Waals surface area (Å²) in [4.78, 5) is 25.8. The number of likely N-dealkylation sites (tertiary alicyclic amines) is 1. The molecule has 0 aromatic heterocycles. The maximum atomic E-state index is 12.4. The Bertz CT molecular complexity index is 709. The van der Waals surface area contributed by atoms with Gasteiger partial charge in [-0.05, 0) is 49.4 Å². The van der Waals surface area contributed by atoms with E-state index in [1.54, 1.807) is 0 Å². The normalized spacial score (nSPS) is 20.7. The van der Waals surface area contributed by atoms with E-state index in [1.165, 1.54) is 0 Å². The number of ether oxygens (including phenoxy) is 3. The molecule has 7 nitrogen and oxygen atoms in total. The van der Waals surface area contributed by atoms with E-state index >= 15 is 0 Å². The van der Waals surface area contributed by atoms with E-state index in [-0.39, 0.29) is 18.1 Å². The van der Waals surface area contributed by atoms with Gasteiger partial charge in [-0.3, -0.25) is 9.59 Å². The van der Waals surface area contributed by atoms with E-state index in [9.17, 15) is 9.59 Å². The Kier molecular flexibility index (Phi) is 6.12. The molecular formula is C21H28N2O5. The zero-order valence-electron chi connectivity index (χ0n) is 16.2. The van der Waals surface area contributed by atoms with Gasteiger partial charge >= 0.3 is 0 Å². The number of nitrogens with zero attached hydrogens (tertiary/aromatic N) is 1. The first-order chi connectivity index (χ1) is 13.7. The van der Waals surface area contributed by atoms with Gasteiger partial charge in [-0.15, -0.1) is 0 Å². The highest BCUT2D eigenvalue weighted by atomic mass is 16.7. The van der Waals surface area contributed by atoms with Gasteiger partial charge in [0.15, 0.2) is 6.29 Å². The third-order valence-electron chi connectivity index (χ3n) is 5.70. The highest BCUT2D eigenvalue weighted by Crippen LogP contribution is 2.28. The summed E-state index contributed by atoms with van der Waals surface area (Å²) in [7, 11) is 0. The monoisotopic (exact) mass is 388 g/mol. The second kappa shape index (κ2) is 8.92. The number of fused-ring (bicyclic) bond motifs is 1. The molecule has 152 valence electrons. The van der Waals surface area contributed by atoms with E-state index in [0.717, 1.165) is 49.4 Å². The van der Waals surface area contributed by atoms with Crippen molar-refractivity contribution < 1.29 is 23.8 Å². The second-order valence-corrected chi connectivity index (χ2v) is 7.65. The van der Waals surface area contributed by atoms with Crippen molar-refractivity contribution in [3.63, 3.8) is 0 Å². The summed E-state index contributed by atoms with van der Waals surface area (Å²) in [5.41, 5.74) is 1.97. The number of piperidine rings is 1. The number of anilines is 1. The zero-order valence-corrected chi connectivity index (χ0v) is 16.2. The molecule has 2 fully saturated rings. The summed E-state index contributed by atoms with van der Waals surface area (Å²) >= 11 is 0. The minimum Gasteiger partial charge on any atom is -0.494 e. The molecule has 1 aromatic rings. The van der Waals surface area contributed by atoms with Crippen LogP contribution in [0.3, 0.4) is 0 Å². The molecule has 2 amide bonds. The number of rotatable bonds is 6. The van der Waals surface area contributed by atoms with E-state index in [2.05, 4.69) is 5.32 Å². The lowest BCUT2D eigenvalue weighted by atomic mass is 9.96. The van der Waals surface area contributed by atoms with Crippen LogP contribution in [-0.4, -0.2) is 55.9 Å². The van der Waals surface area contributed by atoms with Gasteiger partial charge < -0.3 is 24.4 Å². The molecule has 0 saturated carbocycles. The lowest BCUT2D eigenvalue weighted by Crippen LogP contribution is -2.41. The predicted molar refractivity (Wildman–Crippen MR) is 103 cm³/mol. The zero-order chi connectivity index (χ0) is 19.3. The molecule has 2 saturated heterocycles. The van der Waals surface area contributed by atoms with Crippen molar-refractivity contribution >= 4 is 17.5 Å². The fourth-order valence-electron chi connectivity index (χ4n) is 4.09. The van der Waals surface area contributed by atoms with Crippen molar-refractivity contribution in [2.75, 3.05) is 38.2 Å². The van der Waals surface area contributed by atoms with Crippen LogP contribution >= 0.6 is 0 Å². The molecule has 1 N–H and O–H groups in total. The van der Waals surface area contributed by atoms with Gasteiger partial charge in [0.25, 0.3) is 0 Å². The Morgan fingerprint density at radius 3 is 2.75 bits per heavy atom. The largest absolute Gasteiger partial charge is 0.494 e. The van der Waals surface area contributed by atoms with Gasteiger partial charge in [0.05, 0.1) is 19.8 Å². The molecule has 0 unspecified atom stereocenters. The van der Waals surface area contributed by atoms with Crippen LogP contribution in [0.2, 0.25) is 0 Å². The topological polar surface area (TPSA) is 77.1 Å². The van der Waals surface area contributed by atoms with Gasteiger partial charge in [0.2, 0.25) is 11.8 Å². The molecular weight excluding hydrogens is 360 g/mol. The minimum atomic E-state index is -0.0735. The summed E-state index contributed by atoms with van der Waals surface area (Å²) in [5.74, 6) is 1.46. The Labute approximate surface area is 165 Å². The highest BCUT2D eigenvalue weighted by Gasteiger charge is 2.31. The van der Waals surface area contributed by atoms with Crippen molar-refractivity contribution in [2.45, 2.75) is 44.8 Å². The van der Waals surface area contributed by atoms with Crippen LogP contribution in [0.1, 0.15) is 37.7 Å². The van der Waals surface area contributed by atoms with Gasteiger partial charge in [0.1, 0.15) is 5.75 Å². The molecule has 0 atom stereocenters. The number of benzene rings is 1. The smallest absolute Gasteiger partial charge is 0.224 e. The van der Waals surface area contributed by atoms with Crippen LogP contribution in [0.5, 0.6) is 5.75 Å². The average molecular weight is 388 g/mol. The Morgan fingerprint density at radius 1 is 1.18 bits per heavy atom. The van der Waals surface area contributed by atoms with Crippen molar-refractivity contribution in [3.05, 3.63) is 23.8 Å². The van der Waals surface area contributed by atoms with E-state index in [1.807, 2.05) is 23.1 Å². The minimum absolute atomic E-state index is 0.0620. The number of nitrogens with one attached hydrogen (secondary N) is 1. The molecule has 3 heterocycles. The molecule has 0 spiro atoms. The average Bonchev–Trinajstić information content (AvgIpc) is 3.26. The van der Waals surface area contributed by atoms with E-state index in [0.29, 0.717) is 45.0 Å². The molecule has 0 bridgehead atoms. The molecule has 0 aliphatic carbocycles. The van der Waals surface area contributed by atoms with Crippen molar-refractivity contribution in [1.29, 1.82) is 0 Å². The number of amides is 2. The first kappa shape index (κ1) is 19.2. The molecule has 3 aliphatic rings. The van der Waals surface area contributed by atoms with Gasteiger partial charge in [-0.25, -0.2) is 0 Å². The SMILES string of the molecule is O=C1CCc2cc(OCCCC(=O)N3CCC(C4OCCO4)CC3)ccc2N1. The Balaban J connectivity index is 1.15. The number of hydrogen-bond acceptors (Lipinski definition) is 5.